The van der Waals surface area contributed by atoms with E-state index in [1.165, 1.54) is 36.5 Å². The van der Waals surface area contributed by atoms with Gasteiger partial charge in [-0.05, 0) is 48.5 Å². The fourth-order valence-corrected chi connectivity index (χ4v) is 2.84. The zero-order valence-corrected chi connectivity index (χ0v) is 18.3. The van der Waals surface area contributed by atoms with Crippen LogP contribution in [0.4, 0.5) is 5.69 Å². The van der Waals surface area contributed by atoms with E-state index in [1.807, 2.05) is 0 Å². The van der Waals surface area contributed by atoms with Gasteiger partial charge in [0.25, 0.3) is 17.5 Å². The summed E-state index contributed by atoms with van der Waals surface area (Å²) in [5, 5.41) is 18.1. The number of rotatable bonds is 9. The molecule has 3 rings (SSSR count). The van der Waals surface area contributed by atoms with Crippen LogP contribution < -0.4 is 15.5 Å². The second kappa shape index (κ2) is 11.1. The molecule has 0 saturated carbocycles. The number of furan rings is 1. The van der Waals surface area contributed by atoms with Gasteiger partial charge in [-0.1, -0.05) is 23.2 Å². The van der Waals surface area contributed by atoms with Crippen molar-refractivity contribution in [1.29, 1.82) is 0 Å². The number of ether oxygens (including phenoxy) is 1. The van der Waals surface area contributed by atoms with Crippen molar-refractivity contribution in [3.63, 3.8) is 0 Å². The number of carbonyl (C=O) groups excluding carboxylic acids is 2. The molecule has 2 amide bonds. The second-order valence-corrected chi connectivity index (χ2v) is 7.31. The van der Waals surface area contributed by atoms with Gasteiger partial charge in [0, 0.05) is 16.1 Å². The fourth-order valence-electron chi connectivity index (χ4n) is 2.55. The van der Waals surface area contributed by atoms with Crippen LogP contribution in [0.25, 0.3) is 11.3 Å². The predicted molar refractivity (Wildman–Crippen MR) is 122 cm³/mol. The number of nitro groups is 1. The summed E-state index contributed by atoms with van der Waals surface area (Å²) >= 11 is 11.6. The number of halogens is 2. The molecule has 0 saturated heterocycles. The average Bonchev–Trinajstić information content (AvgIpc) is 3.26. The molecule has 0 fully saturated rings. The van der Waals surface area contributed by atoms with Crippen molar-refractivity contribution in [1.82, 2.24) is 10.7 Å². The molecule has 0 aliphatic heterocycles. The number of hydrogen-bond donors (Lipinski definition) is 2. The first-order valence-electron chi connectivity index (χ1n) is 9.33. The second-order valence-electron chi connectivity index (χ2n) is 6.43. The lowest BCUT2D eigenvalue weighted by Crippen LogP contribution is -2.37. The van der Waals surface area contributed by atoms with Gasteiger partial charge in [0.1, 0.15) is 17.3 Å². The molecular formula is C21H16Cl2N4O6. The summed E-state index contributed by atoms with van der Waals surface area (Å²) in [5.41, 5.74) is 2.27. The summed E-state index contributed by atoms with van der Waals surface area (Å²) in [7, 11) is 0. The number of nitro benzene ring substituents is 1. The molecular weight excluding hydrogens is 475 g/mol. The number of hydrazone groups is 1. The number of amides is 2. The highest BCUT2D eigenvalue weighted by atomic mass is 35.5. The highest BCUT2D eigenvalue weighted by Gasteiger charge is 2.18. The molecule has 0 atom stereocenters. The lowest BCUT2D eigenvalue weighted by atomic mass is 10.1. The summed E-state index contributed by atoms with van der Waals surface area (Å²) in [6.45, 7) is -0.593. The quantitative estimate of drug-likeness (QED) is 0.266. The molecule has 2 aromatic carbocycles. The van der Waals surface area contributed by atoms with Gasteiger partial charge in [0.15, 0.2) is 6.61 Å². The molecule has 0 unspecified atom stereocenters. The molecule has 2 N–H and O–H groups in total. The molecule has 1 aromatic heterocycles. The van der Waals surface area contributed by atoms with E-state index in [-0.39, 0.29) is 40.9 Å². The zero-order chi connectivity index (χ0) is 23.8. The Morgan fingerprint density at radius 2 is 1.79 bits per heavy atom. The minimum absolute atomic E-state index is 0.204. The molecule has 0 aliphatic rings. The van der Waals surface area contributed by atoms with Crippen molar-refractivity contribution < 1.29 is 23.7 Å². The summed E-state index contributed by atoms with van der Waals surface area (Å²) in [4.78, 5) is 34.2. The standard InChI is InChI=1S/C21H16Cl2N4O6/c22-13-1-4-15(5-2-13)32-12-21(29)24-11-20(28)26-25-10-16-6-8-19(33-16)17-7-3-14(23)9-18(17)27(30)31/h1-10H,11-12H2,(H,24,29)(H,26,28)/b25-10+. The van der Waals surface area contributed by atoms with E-state index in [1.54, 1.807) is 24.3 Å². The maximum atomic E-state index is 11.8. The Bertz CT molecular complexity index is 1190. The number of carbonyl (C=O) groups is 2. The molecule has 12 heteroatoms. The predicted octanol–water partition coefficient (Wildman–Crippen LogP) is 3.81. The van der Waals surface area contributed by atoms with Crippen molar-refractivity contribution in [2.45, 2.75) is 0 Å². The summed E-state index contributed by atoms with van der Waals surface area (Å²) in [6, 6.07) is 13.7. The summed E-state index contributed by atoms with van der Waals surface area (Å²) in [6.07, 6.45) is 1.22. The molecule has 3 aromatic rings. The fraction of sp³-hybridized carbons (Fsp3) is 0.0952. The minimum Gasteiger partial charge on any atom is -0.484 e. The van der Waals surface area contributed by atoms with Crippen LogP contribution in [0.15, 0.2) is 64.1 Å². The third-order valence-electron chi connectivity index (χ3n) is 4.06. The molecule has 170 valence electrons. The SMILES string of the molecule is O=C(COc1ccc(Cl)cc1)NCC(=O)N/N=C/c1ccc(-c2ccc(Cl)cc2[N+](=O)[O-])o1. The summed E-state index contributed by atoms with van der Waals surface area (Å²) in [5.74, 6) is -0.130. The molecule has 0 radical (unpaired) electrons. The van der Waals surface area contributed by atoms with Crippen LogP contribution in [0, 0.1) is 10.1 Å². The molecule has 1 heterocycles. The Morgan fingerprint density at radius 1 is 1.06 bits per heavy atom. The average molecular weight is 491 g/mol. The van der Waals surface area contributed by atoms with Crippen LogP contribution >= 0.6 is 23.2 Å². The van der Waals surface area contributed by atoms with Crippen molar-refractivity contribution in [2.75, 3.05) is 13.2 Å². The molecule has 10 nitrogen and oxygen atoms in total. The third-order valence-corrected chi connectivity index (χ3v) is 4.55. The first kappa shape index (κ1) is 23.8. The summed E-state index contributed by atoms with van der Waals surface area (Å²) < 4.78 is 10.8. The van der Waals surface area contributed by atoms with E-state index in [4.69, 9.17) is 32.4 Å². The van der Waals surface area contributed by atoms with Crippen LogP contribution in [0.2, 0.25) is 10.0 Å². The molecule has 0 aliphatic carbocycles. The minimum atomic E-state index is -0.578. The van der Waals surface area contributed by atoms with Gasteiger partial charge in [-0.15, -0.1) is 0 Å². The number of benzene rings is 2. The first-order valence-corrected chi connectivity index (χ1v) is 10.1. The first-order chi connectivity index (χ1) is 15.8. The highest BCUT2D eigenvalue weighted by Crippen LogP contribution is 2.33. The van der Waals surface area contributed by atoms with Crippen molar-refractivity contribution >= 4 is 46.9 Å². The van der Waals surface area contributed by atoms with Crippen LogP contribution in [-0.2, 0) is 9.59 Å². The number of nitrogens with one attached hydrogen (secondary N) is 2. The van der Waals surface area contributed by atoms with Gasteiger partial charge in [-0.2, -0.15) is 5.10 Å². The number of hydrogen-bond acceptors (Lipinski definition) is 7. The number of nitrogens with zero attached hydrogens (tertiary/aromatic N) is 2. The van der Waals surface area contributed by atoms with E-state index >= 15 is 0 Å². The lowest BCUT2D eigenvalue weighted by molar-refractivity contribution is -0.384. The van der Waals surface area contributed by atoms with Crippen LogP contribution in [0.1, 0.15) is 5.76 Å². The van der Waals surface area contributed by atoms with Crippen LogP contribution in [0.3, 0.4) is 0 Å². The van der Waals surface area contributed by atoms with Crippen molar-refractivity contribution in [3.05, 3.63) is 80.5 Å². The van der Waals surface area contributed by atoms with E-state index in [9.17, 15) is 19.7 Å². The van der Waals surface area contributed by atoms with Gasteiger partial charge in [0.2, 0.25) is 0 Å². The van der Waals surface area contributed by atoms with E-state index in [0.717, 1.165) is 0 Å². The van der Waals surface area contributed by atoms with Crippen LogP contribution in [0.5, 0.6) is 5.75 Å². The largest absolute Gasteiger partial charge is 0.484 e. The van der Waals surface area contributed by atoms with E-state index < -0.39 is 16.7 Å². The van der Waals surface area contributed by atoms with Gasteiger partial charge >= 0.3 is 0 Å². The normalized spacial score (nSPS) is 10.7. The van der Waals surface area contributed by atoms with Crippen molar-refractivity contribution in [3.8, 4) is 17.1 Å². The highest BCUT2D eigenvalue weighted by molar-refractivity contribution is 6.31. The smallest absolute Gasteiger partial charge is 0.281 e. The van der Waals surface area contributed by atoms with Crippen LogP contribution in [-0.4, -0.2) is 36.1 Å². The Hall–Kier alpha value is -3.89. The van der Waals surface area contributed by atoms with Gasteiger partial charge in [0.05, 0.1) is 23.2 Å². The molecule has 33 heavy (non-hydrogen) atoms. The van der Waals surface area contributed by atoms with Gasteiger partial charge < -0.3 is 14.5 Å². The lowest BCUT2D eigenvalue weighted by Gasteiger charge is -2.06. The Kier molecular flexibility index (Phi) is 8.01. The maximum absolute atomic E-state index is 11.8. The Labute approximate surface area is 197 Å². The third kappa shape index (κ3) is 7.06. The molecule has 0 bridgehead atoms. The van der Waals surface area contributed by atoms with Crippen molar-refractivity contribution in [2.24, 2.45) is 5.10 Å². The van der Waals surface area contributed by atoms with E-state index in [2.05, 4.69) is 15.8 Å². The Morgan fingerprint density at radius 3 is 2.52 bits per heavy atom. The topological polar surface area (TPSA) is 136 Å². The van der Waals surface area contributed by atoms with E-state index in [0.29, 0.717) is 10.8 Å². The Balaban J connectivity index is 1.46. The zero-order valence-electron chi connectivity index (χ0n) is 16.8. The van der Waals surface area contributed by atoms with Gasteiger partial charge in [-0.3, -0.25) is 19.7 Å². The monoisotopic (exact) mass is 490 g/mol. The van der Waals surface area contributed by atoms with Gasteiger partial charge in [-0.25, -0.2) is 5.43 Å². The molecule has 0 spiro atoms. The maximum Gasteiger partial charge on any atom is 0.281 e.